The van der Waals surface area contributed by atoms with Gasteiger partial charge in [0.05, 0.1) is 0 Å². The van der Waals surface area contributed by atoms with Crippen molar-refractivity contribution in [1.82, 2.24) is 0 Å². The molecule has 0 unspecified atom stereocenters. The van der Waals surface area contributed by atoms with Crippen LogP contribution in [0.3, 0.4) is 0 Å². The lowest BCUT2D eigenvalue weighted by molar-refractivity contribution is -0.118. The summed E-state index contributed by atoms with van der Waals surface area (Å²) in [5.74, 6) is -0.261. The first-order chi connectivity index (χ1) is 12.1. The highest BCUT2D eigenvalue weighted by Crippen LogP contribution is 2.31. The van der Waals surface area contributed by atoms with E-state index in [0.29, 0.717) is 29.2 Å². The van der Waals surface area contributed by atoms with E-state index >= 15 is 0 Å². The van der Waals surface area contributed by atoms with Crippen molar-refractivity contribution in [3.05, 3.63) is 59.4 Å². The predicted molar refractivity (Wildman–Crippen MR) is 97.4 cm³/mol. The molecule has 2 aromatic rings. The molecule has 2 N–H and O–H groups in total. The molecule has 1 heterocycles. The third-order valence-corrected chi connectivity index (χ3v) is 5.28. The SMILES string of the molecule is NC(=O)c1cccc2c1CCCN2C(=O)CCSc1ccccc1F. The fourth-order valence-electron chi connectivity index (χ4n) is 3.06. The Morgan fingerprint density at radius 1 is 1.16 bits per heavy atom. The van der Waals surface area contributed by atoms with Crippen LogP contribution in [0.1, 0.15) is 28.8 Å². The van der Waals surface area contributed by atoms with Crippen LogP contribution in [0.15, 0.2) is 47.4 Å². The molecule has 25 heavy (non-hydrogen) atoms. The fraction of sp³-hybridized carbons (Fsp3) is 0.263. The normalized spacial score (nSPS) is 13.4. The van der Waals surface area contributed by atoms with Crippen molar-refractivity contribution in [1.29, 1.82) is 0 Å². The minimum Gasteiger partial charge on any atom is -0.366 e. The fourth-order valence-corrected chi connectivity index (χ4v) is 3.94. The van der Waals surface area contributed by atoms with E-state index in [1.807, 2.05) is 6.07 Å². The highest BCUT2D eigenvalue weighted by Gasteiger charge is 2.25. The van der Waals surface area contributed by atoms with Gasteiger partial charge in [-0.2, -0.15) is 0 Å². The van der Waals surface area contributed by atoms with Gasteiger partial charge >= 0.3 is 0 Å². The number of primary amides is 1. The number of anilines is 1. The average Bonchev–Trinajstić information content (AvgIpc) is 2.62. The van der Waals surface area contributed by atoms with Crippen molar-refractivity contribution in [3.8, 4) is 0 Å². The van der Waals surface area contributed by atoms with Crippen LogP contribution in [0.25, 0.3) is 0 Å². The monoisotopic (exact) mass is 358 g/mol. The number of nitrogens with two attached hydrogens (primary N) is 1. The molecule has 0 bridgehead atoms. The van der Waals surface area contributed by atoms with Crippen LogP contribution in [0, 0.1) is 5.82 Å². The third-order valence-electron chi connectivity index (χ3n) is 4.23. The van der Waals surface area contributed by atoms with Crippen LogP contribution in [-0.4, -0.2) is 24.1 Å². The maximum atomic E-state index is 13.6. The van der Waals surface area contributed by atoms with Gasteiger partial charge in [0.25, 0.3) is 0 Å². The number of halogens is 1. The van der Waals surface area contributed by atoms with E-state index in [1.165, 1.54) is 17.8 Å². The summed E-state index contributed by atoms with van der Waals surface area (Å²) in [5.41, 5.74) is 7.53. The first-order valence-corrected chi connectivity index (χ1v) is 9.16. The first-order valence-electron chi connectivity index (χ1n) is 8.17. The second-order valence-corrected chi connectivity index (χ2v) is 6.98. The Balaban J connectivity index is 1.69. The number of nitrogens with zero attached hydrogens (tertiary/aromatic N) is 1. The summed E-state index contributed by atoms with van der Waals surface area (Å²) >= 11 is 1.33. The molecular weight excluding hydrogens is 339 g/mol. The maximum absolute atomic E-state index is 13.6. The standard InChI is InChI=1S/C19H19FN2O2S/c20-15-7-1-2-9-17(15)25-12-10-18(23)22-11-4-6-13-14(19(21)24)5-3-8-16(13)22/h1-3,5,7-9H,4,6,10-12H2,(H2,21,24). The Labute approximate surface area is 150 Å². The van der Waals surface area contributed by atoms with E-state index in [2.05, 4.69) is 0 Å². The number of hydrogen-bond donors (Lipinski definition) is 1. The molecule has 0 aromatic heterocycles. The number of rotatable bonds is 5. The molecular formula is C19H19FN2O2S. The largest absolute Gasteiger partial charge is 0.366 e. The Kier molecular flexibility index (Phi) is 5.38. The summed E-state index contributed by atoms with van der Waals surface area (Å²) in [6.45, 7) is 0.623. The van der Waals surface area contributed by atoms with Gasteiger partial charge in [0, 0.05) is 34.9 Å². The Morgan fingerprint density at radius 2 is 1.96 bits per heavy atom. The van der Waals surface area contributed by atoms with Gasteiger partial charge in [-0.25, -0.2) is 4.39 Å². The molecule has 1 aliphatic heterocycles. The predicted octanol–water partition coefficient (Wildman–Crippen LogP) is 3.39. The van der Waals surface area contributed by atoms with E-state index in [4.69, 9.17) is 5.73 Å². The van der Waals surface area contributed by atoms with Gasteiger partial charge in [-0.3, -0.25) is 9.59 Å². The number of benzene rings is 2. The third kappa shape index (κ3) is 3.85. The van der Waals surface area contributed by atoms with Crippen molar-refractivity contribution < 1.29 is 14.0 Å². The average molecular weight is 358 g/mol. The molecule has 0 spiro atoms. The molecule has 1 aliphatic rings. The minimum atomic E-state index is -0.471. The zero-order valence-corrected chi connectivity index (χ0v) is 14.5. The molecule has 0 radical (unpaired) electrons. The summed E-state index contributed by atoms with van der Waals surface area (Å²) in [5, 5.41) is 0. The highest BCUT2D eigenvalue weighted by molar-refractivity contribution is 7.99. The number of carbonyl (C=O) groups excluding carboxylic acids is 2. The van der Waals surface area contributed by atoms with Crippen molar-refractivity contribution in [2.45, 2.75) is 24.2 Å². The summed E-state index contributed by atoms with van der Waals surface area (Å²) in [7, 11) is 0. The molecule has 0 aliphatic carbocycles. The number of fused-ring (bicyclic) bond motifs is 1. The Morgan fingerprint density at radius 3 is 2.72 bits per heavy atom. The van der Waals surface area contributed by atoms with Crippen LogP contribution in [0.5, 0.6) is 0 Å². The molecule has 6 heteroatoms. The zero-order chi connectivity index (χ0) is 17.8. The second-order valence-electron chi connectivity index (χ2n) is 5.85. The summed E-state index contributed by atoms with van der Waals surface area (Å²) in [6.07, 6.45) is 1.84. The lowest BCUT2D eigenvalue weighted by Gasteiger charge is -2.30. The van der Waals surface area contributed by atoms with E-state index in [1.54, 1.807) is 35.2 Å². The van der Waals surface area contributed by atoms with Crippen molar-refractivity contribution in [2.24, 2.45) is 5.73 Å². The van der Waals surface area contributed by atoms with Gasteiger partial charge in [0.2, 0.25) is 11.8 Å². The van der Waals surface area contributed by atoms with E-state index in [9.17, 15) is 14.0 Å². The molecule has 130 valence electrons. The van der Waals surface area contributed by atoms with E-state index in [-0.39, 0.29) is 11.7 Å². The molecule has 0 saturated heterocycles. The Hall–Kier alpha value is -2.34. The molecule has 4 nitrogen and oxygen atoms in total. The number of carbonyl (C=O) groups is 2. The molecule has 0 atom stereocenters. The minimum absolute atomic E-state index is 0.0218. The maximum Gasteiger partial charge on any atom is 0.249 e. The van der Waals surface area contributed by atoms with Gasteiger partial charge in [0.1, 0.15) is 5.82 Å². The van der Waals surface area contributed by atoms with Gasteiger partial charge in [-0.1, -0.05) is 18.2 Å². The van der Waals surface area contributed by atoms with Crippen LogP contribution >= 0.6 is 11.8 Å². The van der Waals surface area contributed by atoms with Crippen molar-refractivity contribution in [2.75, 3.05) is 17.2 Å². The van der Waals surface area contributed by atoms with Crippen LogP contribution in [0.4, 0.5) is 10.1 Å². The van der Waals surface area contributed by atoms with Crippen LogP contribution in [-0.2, 0) is 11.2 Å². The first kappa shape index (κ1) is 17.5. The van der Waals surface area contributed by atoms with Gasteiger partial charge in [-0.15, -0.1) is 11.8 Å². The number of hydrogen-bond acceptors (Lipinski definition) is 3. The lowest BCUT2D eigenvalue weighted by atomic mass is 9.95. The number of thioether (sulfide) groups is 1. The van der Waals surface area contributed by atoms with E-state index < -0.39 is 5.91 Å². The summed E-state index contributed by atoms with van der Waals surface area (Å²) < 4.78 is 13.6. The highest BCUT2D eigenvalue weighted by atomic mass is 32.2. The quantitative estimate of drug-likeness (QED) is 0.834. The second kappa shape index (κ2) is 7.70. The summed E-state index contributed by atoms with van der Waals surface area (Å²) in [6, 6.07) is 11.8. The molecule has 3 rings (SSSR count). The lowest BCUT2D eigenvalue weighted by Crippen LogP contribution is -2.36. The van der Waals surface area contributed by atoms with Gasteiger partial charge < -0.3 is 10.6 Å². The van der Waals surface area contributed by atoms with Crippen molar-refractivity contribution in [3.63, 3.8) is 0 Å². The molecule has 0 saturated carbocycles. The Bertz CT molecular complexity index is 810. The molecule has 2 aromatic carbocycles. The van der Waals surface area contributed by atoms with Crippen LogP contribution < -0.4 is 10.6 Å². The smallest absolute Gasteiger partial charge is 0.249 e. The van der Waals surface area contributed by atoms with Gasteiger partial charge in [-0.05, 0) is 42.7 Å². The molecule has 2 amide bonds. The van der Waals surface area contributed by atoms with Gasteiger partial charge in [0.15, 0.2) is 0 Å². The topological polar surface area (TPSA) is 63.4 Å². The molecule has 0 fully saturated rings. The van der Waals surface area contributed by atoms with Crippen molar-refractivity contribution >= 4 is 29.3 Å². The summed E-state index contributed by atoms with van der Waals surface area (Å²) in [4.78, 5) is 26.5. The van der Waals surface area contributed by atoms with Crippen LogP contribution in [0.2, 0.25) is 0 Å². The number of amides is 2. The zero-order valence-electron chi connectivity index (χ0n) is 13.7. The van der Waals surface area contributed by atoms with E-state index in [0.717, 1.165) is 24.1 Å².